The number of thioether (sulfide) groups is 1. The Morgan fingerprint density at radius 2 is 1.91 bits per heavy atom. The van der Waals surface area contributed by atoms with Gasteiger partial charge < -0.3 is 10.1 Å². The van der Waals surface area contributed by atoms with Gasteiger partial charge in [-0.15, -0.1) is 0 Å². The van der Waals surface area contributed by atoms with E-state index in [2.05, 4.69) is 19.2 Å². The second kappa shape index (κ2) is 9.82. The van der Waals surface area contributed by atoms with Gasteiger partial charge in [0.15, 0.2) is 0 Å². The summed E-state index contributed by atoms with van der Waals surface area (Å²) in [6, 6.07) is 15.5. The first-order valence-corrected chi connectivity index (χ1v) is 12.0. The number of nitrogens with one attached hydrogen (secondary N) is 1. The first kappa shape index (κ1) is 22.5. The van der Waals surface area contributed by atoms with Gasteiger partial charge in [0.2, 0.25) is 5.91 Å². The van der Waals surface area contributed by atoms with Crippen LogP contribution in [0.3, 0.4) is 0 Å². The van der Waals surface area contributed by atoms with Crippen LogP contribution in [0, 0.1) is 11.8 Å². The van der Waals surface area contributed by atoms with Gasteiger partial charge in [0.05, 0.1) is 17.7 Å². The molecule has 1 N–H and O–H groups in total. The average molecular weight is 451 g/mol. The zero-order valence-electron chi connectivity index (χ0n) is 18.8. The summed E-state index contributed by atoms with van der Waals surface area (Å²) in [6.45, 7) is 4.48. The molecule has 168 valence electrons. The lowest BCUT2D eigenvalue weighted by molar-refractivity contribution is -0.123. The molecular formula is C26H30N2O3S. The Morgan fingerprint density at radius 3 is 2.66 bits per heavy atom. The average Bonchev–Trinajstić information content (AvgIpc) is 2.80. The summed E-state index contributed by atoms with van der Waals surface area (Å²) in [6.07, 6.45) is 5.22. The summed E-state index contributed by atoms with van der Waals surface area (Å²) in [5.74, 6) is 1.56. The van der Waals surface area contributed by atoms with Gasteiger partial charge in [-0.3, -0.25) is 14.5 Å². The molecule has 1 fully saturated rings. The molecule has 2 aliphatic rings. The Kier molecular flexibility index (Phi) is 6.89. The third-order valence-electron chi connectivity index (χ3n) is 6.60. The number of carbonyl (C=O) groups excluding carboxylic acids is 2. The van der Waals surface area contributed by atoms with Crippen molar-refractivity contribution in [3.8, 4) is 5.75 Å². The number of carbonyl (C=O) groups is 2. The molecule has 3 atom stereocenters. The highest BCUT2D eigenvalue weighted by molar-refractivity contribution is 8.04. The van der Waals surface area contributed by atoms with E-state index in [9.17, 15) is 9.59 Å². The summed E-state index contributed by atoms with van der Waals surface area (Å²) < 4.78 is 5.22. The largest absolute Gasteiger partial charge is 0.497 e. The number of benzene rings is 2. The molecule has 1 aliphatic heterocycles. The summed E-state index contributed by atoms with van der Waals surface area (Å²) in [4.78, 5) is 29.5. The molecule has 5 nitrogen and oxygen atoms in total. The number of rotatable bonds is 5. The van der Waals surface area contributed by atoms with Crippen LogP contribution >= 0.6 is 11.8 Å². The Morgan fingerprint density at radius 1 is 1.16 bits per heavy atom. The van der Waals surface area contributed by atoms with Crippen molar-refractivity contribution < 1.29 is 14.3 Å². The van der Waals surface area contributed by atoms with Crippen molar-refractivity contribution in [2.24, 2.45) is 11.8 Å². The highest BCUT2D eigenvalue weighted by Crippen LogP contribution is 2.42. The maximum atomic E-state index is 13.4. The molecule has 0 radical (unpaired) electrons. The van der Waals surface area contributed by atoms with Crippen LogP contribution in [0.5, 0.6) is 5.75 Å². The molecule has 1 saturated carbocycles. The van der Waals surface area contributed by atoms with Crippen molar-refractivity contribution in [3.05, 3.63) is 59.0 Å². The molecule has 2 aromatic carbocycles. The molecule has 0 bridgehead atoms. The van der Waals surface area contributed by atoms with Gasteiger partial charge in [0, 0.05) is 10.9 Å². The quantitative estimate of drug-likeness (QED) is 0.643. The molecule has 1 aliphatic carbocycles. The molecule has 3 unspecified atom stereocenters. The summed E-state index contributed by atoms with van der Waals surface area (Å²) in [5, 5.41) is 3.20. The van der Waals surface area contributed by atoms with E-state index >= 15 is 0 Å². The number of anilines is 1. The van der Waals surface area contributed by atoms with E-state index in [0.717, 1.165) is 34.7 Å². The minimum Gasteiger partial charge on any atom is -0.497 e. The maximum Gasteiger partial charge on any atom is 0.265 e. The molecule has 2 aromatic rings. The number of fused-ring (bicyclic) bond motifs is 1. The lowest BCUT2D eigenvalue weighted by Gasteiger charge is -2.35. The number of ether oxygens (including phenoxy) is 1. The van der Waals surface area contributed by atoms with Crippen LogP contribution in [-0.2, 0) is 9.59 Å². The summed E-state index contributed by atoms with van der Waals surface area (Å²) >= 11 is 1.44. The van der Waals surface area contributed by atoms with E-state index < -0.39 is 0 Å². The minimum absolute atomic E-state index is 0.0218. The number of amides is 2. The SMILES string of the molecule is COc1ccc(C=C2Sc3ccccc3N(CC(=O)NC3CCCC(C)C3C)C2=O)cc1. The van der Waals surface area contributed by atoms with Gasteiger partial charge in [0.25, 0.3) is 5.91 Å². The molecule has 0 aromatic heterocycles. The van der Waals surface area contributed by atoms with Crippen LogP contribution in [0.2, 0.25) is 0 Å². The number of hydrogen-bond acceptors (Lipinski definition) is 4. The normalized spacial score (nSPS) is 24.2. The zero-order valence-corrected chi connectivity index (χ0v) is 19.7. The number of hydrogen-bond donors (Lipinski definition) is 1. The van der Waals surface area contributed by atoms with Gasteiger partial charge in [-0.25, -0.2) is 0 Å². The number of para-hydroxylation sites is 1. The molecule has 4 rings (SSSR count). The molecule has 0 saturated heterocycles. The topological polar surface area (TPSA) is 58.6 Å². The predicted molar refractivity (Wildman–Crippen MR) is 130 cm³/mol. The van der Waals surface area contributed by atoms with E-state index in [-0.39, 0.29) is 24.4 Å². The second-order valence-corrected chi connectivity index (χ2v) is 9.77. The van der Waals surface area contributed by atoms with E-state index in [1.807, 2.05) is 54.6 Å². The van der Waals surface area contributed by atoms with Gasteiger partial charge >= 0.3 is 0 Å². The molecule has 6 heteroatoms. The minimum atomic E-state index is -0.148. The predicted octanol–water partition coefficient (Wildman–Crippen LogP) is 5.12. The third-order valence-corrected chi connectivity index (χ3v) is 7.68. The van der Waals surface area contributed by atoms with Crippen LogP contribution in [-0.4, -0.2) is 31.5 Å². The molecule has 1 heterocycles. The molecule has 32 heavy (non-hydrogen) atoms. The van der Waals surface area contributed by atoms with E-state index in [0.29, 0.717) is 16.7 Å². The van der Waals surface area contributed by atoms with E-state index in [1.54, 1.807) is 12.0 Å². The summed E-state index contributed by atoms with van der Waals surface area (Å²) in [7, 11) is 1.63. The molecular weight excluding hydrogens is 420 g/mol. The second-order valence-electron chi connectivity index (χ2n) is 8.68. The zero-order chi connectivity index (χ0) is 22.7. The lowest BCUT2D eigenvalue weighted by Crippen LogP contribution is -2.49. The van der Waals surface area contributed by atoms with Gasteiger partial charge in [-0.1, -0.05) is 62.7 Å². The first-order chi connectivity index (χ1) is 15.5. The Bertz CT molecular complexity index is 1020. The first-order valence-electron chi connectivity index (χ1n) is 11.2. The fraction of sp³-hybridized carbons (Fsp3) is 0.385. The van der Waals surface area contributed by atoms with Crippen LogP contribution in [0.4, 0.5) is 5.69 Å². The van der Waals surface area contributed by atoms with Crippen molar-refractivity contribution in [1.29, 1.82) is 0 Å². The van der Waals surface area contributed by atoms with E-state index in [4.69, 9.17) is 4.74 Å². The highest BCUT2D eigenvalue weighted by Gasteiger charge is 2.32. The fourth-order valence-electron chi connectivity index (χ4n) is 4.45. The van der Waals surface area contributed by atoms with Crippen LogP contribution < -0.4 is 15.0 Å². The number of methoxy groups -OCH3 is 1. The van der Waals surface area contributed by atoms with Gasteiger partial charge in [0.1, 0.15) is 12.3 Å². The third kappa shape index (κ3) is 4.85. The molecule has 0 spiro atoms. The van der Waals surface area contributed by atoms with Crippen LogP contribution in [0.25, 0.3) is 6.08 Å². The Hall–Kier alpha value is -2.73. The summed E-state index contributed by atoms with van der Waals surface area (Å²) in [5.41, 5.74) is 1.70. The van der Waals surface area contributed by atoms with Crippen LogP contribution in [0.1, 0.15) is 38.7 Å². The number of nitrogens with zero attached hydrogens (tertiary/aromatic N) is 1. The van der Waals surface area contributed by atoms with Gasteiger partial charge in [-0.2, -0.15) is 0 Å². The smallest absolute Gasteiger partial charge is 0.265 e. The maximum absolute atomic E-state index is 13.4. The van der Waals surface area contributed by atoms with Crippen molar-refractivity contribution in [3.63, 3.8) is 0 Å². The van der Waals surface area contributed by atoms with Crippen LogP contribution in [0.15, 0.2) is 58.3 Å². The highest BCUT2D eigenvalue weighted by atomic mass is 32.2. The Labute approximate surface area is 194 Å². The van der Waals surface area contributed by atoms with Crippen molar-refractivity contribution in [2.75, 3.05) is 18.6 Å². The van der Waals surface area contributed by atoms with E-state index in [1.165, 1.54) is 18.2 Å². The van der Waals surface area contributed by atoms with Gasteiger partial charge in [-0.05, 0) is 54.2 Å². The molecule has 2 amide bonds. The lowest BCUT2D eigenvalue weighted by atomic mass is 9.78. The van der Waals surface area contributed by atoms with Crippen molar-refractivity contribution in [1.82, 2.24) is 5.32 Å². The standard InChI is InChI=1S/C26H30N2O3S/c1-17-7-6-8-21(18(17)2)27-25(29)16-28-22-9-4-5-10-23(22)32-24(26(28)30)15-19-11-13-20(31-3)14-12-19/h4-5,9-15,17-18,21H,6-8,16H2,1-3H3,(H,27,29). The van der Waals surface area contributed by atoms with Crippen molar-refractivity contribution in [2.45, 2.75) is 44.0 Å². The monoisotopic (exact) mass is 450 g/mol. The fourth-order valence-corrected chi connectivity index (χ4v) is 5.51. The Balaban J connectivity index is 1.55. The van der Waals surface area contributed by atoms with Crippen molar-refractivity contribution >= 4 is 35.3 Å².